The van der Waals surface area contributed by atoms with Crippen molar-refractivity contribution in [2.45, 2.75) is 45.1 Å². The Morgan fingerprint density at radius 1 is 1.47 bits per heavy atom. The van der Waals surface area contributed by atoms with E-state index in [2.05, 4.69) is 28.2 Å². The Kier molecular flexibility index (Phi) is 4.62. The van der Waals surface area contributed by atoms with Crippen LogP contribution in [0.4, 0.5) is 0 Å². The molecule has 0 spiro atoms. The maximum absolute atomic E-state index is 12.0. The summed E-state index contributed by atoms with van der Waals surface area (Å²) < 4.78 is 0.905. The van der Waals surface area contributed by atoms with Crippen LogP contribution in [0, 0.1) is 5.92 Å². The summed E-state index contributed by atoms with van der Waals surface area (Å²) in [6.07, 6.45) is 6.05. The van der Waals surface area contributed by atoms with Gasteiger partial charge in [0.2, 0.25) is 0 Å². The Balaban J connectivity index is 1.86. The maximum Gasteiger partial charge on any atom is 0.262 e. The quantitative estimate of drug-likeness (QED) is 0.889. The van der Waals surface area contributed by atoms with Crippen LogP contribution in [0.25, 0.3) is 0 Å². The Hall–Kier alpha value is -0.350. The average Bonchev–Trinajstić information content (AvgIpc) is 2.76. The van der Waals surface area contributed by atoms with Crippen molar-refractivity contribution in [2.75, 3.05) is 0 Å². The molecule has 1 amide bonds. The molecule has 0 unspecified atom stereocenters. The van der Waals surface area contributed by atoms with Gasteiger partial charge in [-0.1, -0.05) is 13.3 Å². The highest BCUT2D eigenvalue weighted by Gasteiger charge is 2.22. The molecule has 0 bridgehead atoms. The first-order valence-corrected chi connectivity index (χ1v) is 7.91. The van der Waals surface area contributed by atoms with Gasteiger partial charge in [-0.2, -0.15) is 0 Å². The fourth-order valence-corrected chi connectivity index (χ4v) is 3.88. The number of nitrogens with one attached hydrogen (secondary N) is 1. The molecular weight excluding hydrogens is 298 g/mol. The van der Waals surface area contributed by atoms with Gasteiger partial charge >= 0.3 is 0 Å². The lowest BCUT2D eigenvalue weighted by atomic mass is 9.84. The van der Waals surface area contributed by atoms with E-state index < -0.39 is 0 Å². The van der Waals surface area contributed by atoms with Gasteiger partial charge in [-0.05, 0) is 59.0 Å². The van der Waals surface area contributed by atoms with E-state index in [4.69, 9.17) is 0 Å². The molecule has 4 heteroatoms. The summed E-state index contributed by atoms with van der Waals surface area (Å²) in [6.45, 7) is 2.26. The van der Waals surface area contributed by atoms with Crippen molar-refractivity contribution in [1.29, 1.82) is 0 Å². The Bertz CT molecular complexity index is 383. The number of carbonyl (C=O) groups is 1. The van der Waals surface area contributed by atoms with Crippen LogP contribution in [-0.2, 0) is 0 Å². The molecular formula is C13H18BrNOS. The highest BCUT2D eigenvalue weighted by atomic mass is 79.9. The van der Waals surface area contributed by atoms with Gasteiger partial charge in [-0.3, -0.25) is 4.79 Å². The van der Waals surface area contributed by atoms with Crippen LogP contribution in [0.5, 0.6) is 0 Å². The lowest BCUT2D eigenvalue weighted by Crippen LogP contribution is -2.37. The molecule has 0 aliphatic heterocycles. The third-order valence-corrected chi connectivity index (χ3v) is 5.42. The van der Waals surface area contributed by atoms with Gasteiger partial charge in [0.25, 0.3) is 5.91 Å². The number of carbonyl (C=O) groups excluding carboxylic acids is 1. The average molecular weight is 316 g/mol. The van der Waals surface area contributed by atoms with Crippen molar-refractivity contribution in [3.8, 4) is 0 Å². The third-order valence-electron chi connectivity index (χ3n) is 3.58. The minimum atomic E-state index is 0.0758. The summed E-state index contributed by atoms with van der Waals surface area (Å²) in [6, 6.07) is 2.30. The lowest BCUT2D eigenvalue weighted by molar-refractivity contribution is 0.0925. The second kappa shape index (κ2) is 6.01. The van der Waals surface area contributed by atoms with Crippen LogP contribution in [0.2, 0.25) is 0 Å². The molecule has 1 fully saturated rings. The standard InChI is InChI=1S/C13H18BrNOS/c1-2-9-3-5-10(6-4-9)15-13(16)12-11(14)7-8-17-12/h7-10H,2-6H2,1H3,(H,15,16). The largest absolute Gasteiger partial charge is 0.349 e. The van der Waals surface area contributed by atoms with Gasteiger partial charge in [-0.15, -0.1) is 11.3 Å². The van der Waals surface area contributed by atoms with Crippen LogP contribution >= 0.6 is 27.3 Å². The molecule has 1 saturated carbocycles. The van der Waals surface area contributed by atoms with Gasteiger partial charge in [0.05, 0.1) is 0 Å². The zero-order valence-electron chi connectivity index (χ0n) is 10.0. The zero-order chi connectivity index (χ0) is 12.3. The molecule has 0 atom stereocenters. The van der Waals surface area contributed by atoms with E-state index in [1.165, 1.54) is 30.6 Å². The van der Waals surface area contributed by atoms with E-state index in [-0.39, 0.29) is 5.91 Å². The molecule has 2 rings (SSSR count). The molecule has 17 heavy (non-hydrogen) atoms. The Morgan fingerprint density at radius 3 is 2.71 bits per heavy atom. The summed E-state index contributed by atoms with van der Waals surface area (Å²) in [5.41, 5.74) is 0. The van der Waals surface area contributed by atoms with Crippen LogP contribution in [0.15, 0.2) is 15.9 Å². The highest BCUT2D eigenvalue weighted by molar-refractivity contribution is 9.10. The number of amides is 1. The molecule has 1 aromatic heterocycles. The molecule has 1 N–H and O–H groups in total. The Morgan fingerprint density at radius 2 is 2.18 bits per heavy atom. The number of hydrogen-bond acceptors (Lipinski definition) is 2. The van der Waals surface area contributed by atoms with Crippen LogP contribution in [0.3, 0.4) is 0 Å². The predicted molar refractivity (Wildman–Crippen MR) is 75.5 cm³/mol. The van der Waals surface area contributed by atoms with E-state index in [9.17, 15) is 4.79 Å². The molecule has 1 aliphatic rings. The number of thiophene rings is 1. The summed E-state index contributed by atoms with van der Waals surface area (Å²) in [5.74, 6) is 0.948. The van der Waals surface area contributed by atoms with Gasteiger partial charge < -0.3 is 5.32 Å². The van der Waals surface area contributed by atoms with E-state index in [0.717, 1.165) is 28.1 Å². The second-order valence-electron chi connectivity index (χ2n) is 4.70. The van der Waals surface area contributed by atoms with Crippen molar-refractivity contribution >= 4 is 33.2 Å². The lowest BCUT2D eigenvalue weighted by Gasteiger charge is -2.28. The normalized spacial score (nSPS) is 24.6. The molecule has 1 aromatic rings. The number of hydrogen-bond donors (Lipinski definition) is 1. The van der Waals surface area contributed by atoms with Crippen molar-refractivity contribution in [3.63, 3.8) is 0 Å². The zero-order valence-corrected chi connectivity index (χ0v) is 12.4. The fourth-order valence-electron chi connectivity index (χ4n) is 2.42. The van der Waals surface area contributed by atoms with Gasteiger partial charge in [0.1, 0.15) is 4.88 Å². The van der Waals surface area contributed by atoms with Crippen molar-refractivity contribution in [1.82, 2.24) is 5.32 Å². The van der Waals surface area contributed by atoms with E-state index in [1.54, 1.807) is 0 Å². The molecule has 0 radical (unpaired) electrons. The summed E-state index contributed by atoms with van der Waals surface area (Å²) in [4.78, 5) is 12.8. The maximum atomic E-state index is 12.0. The first-order valence-electron chi connectivity index (χ1n) is 6.24. The molecule has 1 heterocycles. The monoisotopic (exact) mass is 315 g/mol. The first-order chi connectivity index (χ1) is 8.20. The smallest absolute Gasteiger partial charge is 0.262 e. The number of halogens is 1. The third kappa shape index (κ3) is 3.32. The summed E-state index contributed by atoms with van der Waals surface area (Å²) in [7, 11) is 0. The van der Waals surface area contributed by atoms with Crippen molar-refractivity contribution in [2.24, 2.45) is 5.92 Å². The summed E-state index contributed by atoms with van der Waals surface area (Å²) in [5, 5.41) is 5.09. The SMILES string of the molecule is CCC1CCC(NC(=O)c2sccc2Br)CC1. The van der Waals surface area contributed by atoms with Crippen molar-refractivity contribution in [3.05, 3.63) is 20.8 Å². The van der Waals surface area contributed by atoms with Gasteiger partial charge in [0.15, 0.2) is 0 Å². The first kappa shape index (κ1) is 13.1. The minimum Gasteiger partial charge on any atom is -0.349 e. The van der Waals surface area contributed by atoms with Crippen molar-refractivity contribution < 1.29 is 4.79 Å². The molecule has 1 aliphatic carbocycles. The van der Waals surface area contributed by atoms with Crippen LogP contribution in [-0.4, -0.2) is 11.9 Å². The van der Waals surface area contributed by atoms with E-state index in [1.807, 2.05) is 11.4 Å². The Labute approximate surface area is 115 Å². The van der Waals surface area contributed by atoms with E-state index in [0.29, 0.717) is 6.04 Å². The second-order valence-corrected chi connectivity index (χ2v) is 6.47. The molecule has 0 saturated heterocycles. The van der Waals surface area contributed by atoms with Crippen LogP contribution < -0.4 is 5.32 Å². The summed E-state index contributed by atoms with van der Waals surface area (Å²) >= 11 is 4.89. The van der Waals surface area contributed by atoms with Crippen LogP contribution in [0.1, 0.15) is 48.7 Å². The predicted octanol–water partition coefficient (Wildman–Crippen LogP) is 4.21. The molecule has 0 aromatic carbocycles. The van der Waals surface area contributed by atoms with Gasteiger partial charge in [0, 0.05) is 10.5 Å². The fraction of sp³-hybridized carbons (Fsp3) is 0.615. The highest BCUT2D eigenvalue weighted by Crippen LogP contribution is 2.27. The molecule has 2 nitrogen and oxygen atoms in total. The number of rotatable bonds is 3. The minimum absolute atomic E-state index is 0.0758. The molecule has 94 valence electrons. The van der Waals surface area contributed by atoms with Gasteiger partial charge in [-0.25, -0.2) is 0 Å². The topological polar surface area (TPSA) is 29.1 Å². The van der Waals surface area contributed by atoms with E-state index >= 15 is 0 Å².